The Morgan fingerprint density at radius 1 is 0.958 bits per heavy atom. The van der Waals surface area contributed by atoms with Crippen LogP contribution in [0.5, 0.6) is 0 Å². The molecule has 3 N–H and O–H groups in total. The maximum absolute atomic E-state index is 12.6. The standard InChI is InChI=1S/C18H13N3O3/c1-9-6-7-13(11-5-3-2-4-10(9)11)21-14(22)8-12-15(16(21)19)18(24)20-17(12)23/h2-8H,19H2,1H3,(H,20,23,24). The second-order valence-electron chi connectivity index (χ2n) is 5.72. The van der Waals surface area contributed by atoms with Gasteiger partial charge in [-0.15, -0.1) is 0 Å². The first kappa shape index (κ1) is 14.2. The van der Waals surface area contributed by atoms with E-state index in [1.165, 1.54) is 4.57 Å². The van der Waals surface area contributed by atoms with E-state index in [2.05, 4.69) is 5.32 Å². The van der Waals surface area contributed by atoms with Gasteiger partial charge in [0.1, 0.15) is 5.82 Å². The normalized spacial score (nSPS) is 13.2. The van der Waals surface area contributed by atoms with Crippen LogP contribution in [0.1, 0.15) is 26.3 Å². The first-order valence-electron chi connectivity index (χ1n) is 7.39. The third kappa shape index (κ3) is 1.80. The summed E-state index contributed by atoms with van der Waals surface area (Å²) in [7, 11) is 0. The number of benzene rings is 2. The van der Waals surface area contributed by atoms with Gasteiger partial charge in [-0.05, 0) is 23.9 Å². The minimum atomic E-state index is -0.597. The number of hydrogen-bond acceptors (Lipinski definition) is 4. The molecule has 2 amide bonds. The summed E-state index contributed by atoms with van der Waals surface area (Å²) >= 11 is 0. The number of nitrogen functional groups attached to an aromatic ring is 1. The summed E-state index contributed by atoms with van der Waals surface area (Å²) in [6.07, 6.45) is 0. The van der Waals surface area contributed by atoms with E-state index < -0.39 is 17.4 Å². The predicted molar refractivity (Wildman–Crippen MR) is 90.5 cm³/mol. The molecule has 2 aromatic carbocycles. The summed E-state index contributed by atoms with van der Waals surface area (Å²) in [5.74, 6) is -1.22. The van der Waals surface area contributed by atoms with Crippen molar-refractivity contribution in [1.82, 2.24) is 9.88 Å². The number of nitrogens with zero attached hydrogens (tertiary/aromatic N) is 1. The largest absolute Gasteiger partial charge is 0.384 e. The molecule has 0 radical (unpaired) electrons. The molecule has 0 fully saturated rings. The summed E-state index contributed by atoms with van der Waals surface area (Å²) in [5.41, 5.74) is 7.36. The Morgan fingerprint density at radius 3 is 2.42 bits per heavy atom. The van der Waals surface area contributed by atoms with Crippen molar-refractivity contribution in [1.29, 1.82) is 0 Å². The Hall–Kier alpha value is -3.41. The van der Waals surface area contributed by atoms with Gasteiger partial charge >= 0.3 is 0 Å². The molecule has 0 bridgehead atoms. The highest BCUT2D eigenvalue weighted by molar-refractivity contribution is 6.23. The molecule has 1 aliphatic heterocycles. The number of hydrogen-bond donors (Lipinski definition) is 2. The molecular formula is C18H13N3O3. The molecule has 4 rings (SSSR count). The van der Waals surface area contributed by atoms with Crippen LogP contribution in [-0.2, 0) is 0 Å². The van der Waals surface area contributed by atoms with Crippen molar-refractivity contribution < 1.29 is 9.59 Å². The Labute approximate surface area is 136 Å². The van der Waals surface area contributed by atoms with E-state index in [9.17, 15) is 14.4 Å². The number of carbonyl (C=O) groups excluding carboxylic acids is 2. The van der Waals surface area contributed by atoms with Gasteiger partial charge in [0.25, 0.3) is 17.4 Å². The number of pyridine rings is 1. The number of amides is 2. The number of aryl methyl sites for hydroxylation is 1. The molecule has 0 atom stereocenters. The van der Waals surface area contributed by atoms with Gasteiger partial charge in [-0.3, -0.25) is 24.3 Å². The van der Waals surface area contributed by atoms with E-state index in [1.807, 2.05) is 37.3 Å². The van der Waals surface area contributed by atoms with E-state index in [0.717, 1.165) is 22.4 Å². The highest BCUT2D eigenvalue weighted by Gasteiger charge is 2.32. The van der Waals surface area contributed by atoms with Crippen LogP contribution in [0.15, 0.2) is 47.3 Å². The van der Waals surface area contributed by atoms with Crippen molar-refractivity contribution in [3.8, 4) is 5.69 Å². The molecular weight excluding hydrogens is 306 g/mol. The molecule has 0 saturated carbocycles. The van der Waals surface area contributed by atoms with Gasteiger partial charge in [0.05, 0.1) is 16.8 Å². The van der Waals surface area contributed by atoms with E-state index >= 15 is 0 Å². The third-order valence-electron chi connectivity index (χ3n) is 4.31. The van der Waals surface area contributed by atoms with Crippen molar-refractivity contribution in [3.63, 3.8) is 0 Å². The van der Waals surface area contributed by atoms with Gasteiger partial charge in [0, 0.05) is 11.5 Å². The lowest BCUT2D eigenvalue weighted by atomic mass is 10.0. The van der Waals surface area contributed by atoms with E-state index in [4.69, 9.17) is 5.73 Å². The molecule has 24 heavy (non-hydrogen) atoms. The SMILES string of the molecule is Cc1ccc(-n2c(N)c3c(cc2=O)C(=O)NC3=O)c2ccccc12. The van der Waals surface area contributed by atoms with E-state index in [0.29, 0.717) is 5.69 Å². The second-order valence-corrected chi connectivity index (χ2v) is 5.72. The van der Waals surface area contributed by atoms with Crippen molar-refractivity contribution >= 4 is 28.4 Å². The lowest BCUT2D eigenvalue weighted by Crippen LogP contribution is -2.24. The van der Waals surface area contributed by atoms with Crippen LogP contribution in [0.25, 0.3) is 16.5 Å². The van der Waals surface area contributed by atoms with Crippen LogP contribution in [0.3, 0.4) is 0 Å². The topological polar surface area (TPSA) is 94.2 Å². The van der Waals surface area contributed by atoms with E-state index in [1.54, 1.807) is 6.07 Å². The molecule has 0 aliphatic carbocycles. The van der Waals surface area contributed by atoms with Crippen molar-refractivity contribution in [2.45, 2.75) is 6.92 Å². The average Bonchev–Trinajstić information content (AvgIpc) is 2.84. The summed E-state index contributed by atoms with van der Waals surface area (Å²) in [6, 6.07) is 12.5. The van der Waals surface area contributed by atoms with E-state index in [-0.39, 0.29) is 16.9 Å². The van der Waals surface area contributed by atoms with Gasteiger partial charge in [0.15, 0.2) is 0 Å². The third-order valence-corrected chi connectivity index (χ3v) is 4.31. The number of carbonyl (C=O) groups is 2. The minimum absolute atomic E-state index is 0.0233. The molecule has 6 nitrogen and oxygen atoms in total. The molecule has 1 aromatic heterocycles. The van der Waals surface area contributed by atoms with Crippen LogP contribution in [0, 0.1) is 6.92 Å². The first-order chi connectivity index (χ1) is 11.5. The monoisotopic (exact) mass is 319 g/mol. The Balaban J connectivity index is 2.12. The first-order valence-corrected chi connectivity index (χ1v) is 7.39. The average molecular weight is 319 g/mol. The zero-order valence-electron chi connectivity index (χ0n) is 12.8. The molecule has 6 heteroatoms. The Bertz CT molecular complexity index is 1110. The zero-order chi connectivity index (χ0) is 17.0. The predicted octanol–water partition coefficient (Wildman–Crippen LogP) is 1.76. The quantitative estimate of drug-likeness (QED) is 0.668. The van der Waals surface area contributed by atoms with Crippen LogP contribution in [-0.4, -0.2) is 16.4 Å². The Kier molecular flexibility index (Phi) is 2.83. The molecule has 2 heterocycles. The van der Waals surface area contributed by atoms with Crippen LogP contribution >= 0.6 is 0 Å². The van der Waals surface area contributed by atoms with Crippen molar-refractivity contribution in [2.24, 2.45) is 0 Å². The summed E-state index contributed by atoms with van der Waals surface area (Å²) in [4.78, 5) is 36.3. The summed E-state index contributed by atoms with van der Waals surface area (Å²) in [6.45, 7) is 1.98. The fraction of sp³-hybridized carbons (Fsp3) is 0.0556. The second kappa shape index (κ2) is 4.79. The number of imide groups is 1. The van der Waals surface area contributed by atoms with Crippen LogP contribution in [0.4, 0.5) is 5.82 Å². The number of anilines is 1. The van der Waals surface area contributed by atoms with Gasteiger partial charge in [0.2, 0.25) is 0 Å². The fourth-order valence-electron chi connectivity index (χ4n) is 3.16. The van der Waals surface area contributed by atoms with Crippen LogP contribution in [0.2, 0.25) is 0 Å². The zero-order valence-corrected chi connectivity index (χ0v) is 12.8. The maximum Gasteiger partial charge on any atom is 0.262 e. The molecule has 3 aromatic rings. The molecule has 0 saturated heterocycles. The Morgan fingerprint density at radius 2 is 1.67 bits per heavy atom. The lowest BCUT2D eigenvalue weighted by molar-refractivity contribution is 0.0880. The summed E-state index contributed by atoms with van der Waals surface area (Å²) in [5, 5.41) is 4.00. The van der Waals surface area contributed by atoms with Gasteiger partial charge in [-0.2, -0.15) is 0 Å². The lowest BCUT2D eigenvalue weighted by Gasteiger charge is -2.15. The fourth-order valence-corrected chi connectivity index (χ4v) is 3.16. The minimum Gasteiger partial charge on any atom is -0.384 e. The van der Waals surface area contributed by atoms with Crippen LogP contribution < -0.4 is 16.6 Å². The molecule has 1 aliphatic rings. The highest BCUT2D eigenvalue weighted by atomic mass is 16.2. The number of rotatable bonds is 1. The van der Waals surface area contributed by atoms with Gasteiger partial charge in [-0.25, -0.2) is 0 Å². The van der Waals surface area contributed by atoms with Crippen molar-refractivity contribution in [2.75, 3.05) is 5.73 Å². The van der Waals surface area contributed by atoms with Crippen molar-refractivity contribution in [3.05, 3.63) is 69.5 Å². The summed E-state index contributed by atoms with van der Waals surface area (Å²) < 4.78 is 1.28. The number of fused-ring (bicyclic) bond motifs is 2. The smallest absolute Gasteiger partial charge is 0.262 e. The number of aromatic nitrogens is 1. The van der Waals surface area contributed by atoms with Gasteiger partial charge in [-0.1, -0.05) is 30.3 Å². The molecule has 0 spiro atoms. The number of nitrogens with one attached hydrogen (secondary N) is 1. The highest BCUT2D eigenvalue weighted by Crippen LogP contribution is 2.28. The number of nitrogens with two attached hydrogens (primary N) is 1. The molecule has 118 valence electrons. The van der Waals surface area contributed by atoms with Gasteiger partial charge < -0.3 is 5.73 Å². The molecule has 0 unspecified atom stereocenters. The maximum atomic E-state index is 12.6.